The molecule has 101 heavy (non-hydrogen) atoms. The van der Waals surface area contributed by atoms with E-state index >= 15 is 19.2 Å². The number of carboxylic acids is 1. The van der Waals surface area contributed by atoms with Gasteiger partial charge < -0.3 is 133 Å². The zero-order valence-corrected chi connectivity index (χ0v) is 56.0. The van der Waals surface area contributed by atoms with Crippen molar-refractivity contribution < 1.29 is 129 Å². The van der Waals surface area contributed by atoms with Crippen LogP contribution in [0.15, 0.2) is 78.9 Å². The first-order valence-corrected chi connectivity index (χ1v) is 32.5. The zero-order valence-electron chi connectivity index (χ0n) is 54.5. The number of quaternary nitrogens is 2. The molecule has 7 amide bonds. The number of carbonyl (C=O) groups is 8. The van der Waals surface area contributed by atoms with E-state index in [0.29, 0.717) is 0 Å². The van der Waals surface area contributed by atoms with Gasteiger partial charge in [0.1, 0.15) is 107 Å². The molecular formula is C66H76Cl2N9O24+. The van der Waals surface area contributed by atoms with E-state index in [1.54, 1.807) is 19.3 Å². The van der Waals surface area contributed by atoms with Crippen molar-refractivity contribution in [2.75, 3.05) is 13.7 Å². The number of amides is 7. The molecular weight excluding hydrogens is 1370 g/mol. The van der Waals surface area contributed by atoms with Crippen LogP contribution in [0.1, 0.15) is 105 Å². The van der Waals surface area contributed by atoms with Crippen LogP contribution < -0.4 is 68.0 Å². The van der Waals surface area contributed by atoms with Crippen LogP contribution in [-0.2, 0) is 52.6 Å². The fourth-order valence-corrected chi connectivity index (χ4v) is 13.1. The Morgan fingerprint density at radius 2 is 1.36 bits per heavy atom. The van der Waals surface area contributed by atoms with Crippen molar-refractivity contribution in [1.82, 2.24) is 31.9 Å². The average molecular weight is 1450 g/mol. The third-order valence-corrected chi connectivity index (χ3v) is 18.5. The topological polar surface area (TPSA) is 540 Å². The fraction of sp³-hybridized carbons (Fsp3) is 0.424. The fourth-order valence-electron chi connectivity index (χ4n) is 12.6. The van der Waals surface area contributed by atoms with Gasteiger partial charge in [0.15, 0.2) is 23.8 Å². The van der Waals surface area contributed by atoms with Gasteiger partial charge in [-0.2, -0.15) is 0 Å². The quantitative estimate of drug-likeness (QED) is 0.0560. The number of aliphatic hydroxyl groups is 6. The molecule has 0 unspecified atom stereocenters. The molecule has 542 valence electrons. The minimum atomic E-state index is -2.38. The van der Waals surface area contributed by atoms with Crippen molar-refractivity contribution in [3.05, 3.63) is 117 Å². The molecule has 7 heterocycles. The molecule has 22 N–H and O–H groups in total. The maximum Gasteiger partial charge on any atom is 0.278 e. The van der Waals surface area contributed by atoms with Crippen LogP contribution >= 0.6 is 23.2 Å². The number of carbonyl (C=O) groups excluding carboxylic acids is 8. The summed E-state index contributed by atoms with van der Waals surface area (Å²) in [5, 5.41) is 130. The number of primary amides is 1. The highest BCUT2D eigenvalue weighted by Gasteiger charge is 2.50. The normalized spacial score (nSPS) is 29.4. The van der Waals surface area contributed by atoms with Crippen molar-refractivity contribution in [1.29, 1.82) is 0 Å². The largest absolute Gasteiger partial charge is 0.548 e. The number of nitrogens with one attached hydrogen (secondary N) is 6. The first kappa shape index (κ1) is 74.5. The van der Waals surface area contributed by atoms with Crippen molar-refractivity contribution in [3.8, 4) is 57.1 Å². The third-order valence-electron chi connectivity index (χ3n) is 17.9. The molecule has 0 aliphatic carbocycles. The second-order valence-corrected chi connectivity index (χ2v) is 26.8. The van der Waals surface area contributed by atoms with E-state index in [-0.39, 0.29) is 52.0 Å². The zero-order chi connectivity index (χ0) is 73.5. The van der Waals surface area contributed by atoms with Crippen LogP contribution in [0, 0.1) is 5.92 Å². The molecule has 7 aliphatic heterocycles. The summed E-state index contributed by atoms with van der Waals surface area (Å²) in [5.74, 6) is -16.1. The molecule has 0 radical (unpaired) electrons. The average Bonchev–Trinajstić information content (AvgIpc) is 0.770. The predicted octanol–water partition coefficient (Wildman–Crippen LogP) is -2.97. The maximum atomic E-state index is 16.1. The van der Waals surface area contributed by atoms with Gasteiger partial charge in [-0.05, 0) is 102 Å². The molecule has 5 aromatic carbocycles. The Hall–Kier alpha value is -9.20. The Kier molecular flexibility index (Phi) is 22.2. The highest BCUT2D eigenvalue weighted by atomic mass is 35.5. The number of aliphatic hydroxyl groups excluding tert-OH is 6. The van der Waals surface area contributed by atoms with Crippen LogP contribution in [0.2, 0.25) is 10.0 Å². The van der Waals surface area contributed by atoms with Crippen molar-refractivity contribution in [3.63, 3.8) is 0 Å². The standard InChI is InChI=1S/C66H75Cl2N9O24/c1-23(2)12-34(71-5)58(88)76-49-51(83)26-7-10-38(32(67)14-26)97-40-16-28-17-41(56(40)101-65-54(86)53(85)52(84)42(22-78)99-65)98-39-11-8-27(15-33(39)68)55(100-44-21-66(4,70)57(87)24(3)96-44)50-63(93)75-48(64(94)95)31-18-29(79)19-37(81)45(31)30-13-25(6-9-36(30)80)46(60(90)77-50)74-61(91)47(28)73-59(89)35(20-43(69)82)72-62(49)92/h6-11,13-19,23-24,34-35,42,44,46-55,57,65,71,78-81,83-87H,12,20-22,70H2,1-5H3,(H2,69,82)(H,72,92)(H,73,89)(H,74,91)(H,75,93)(H,76,88)(H,77,90)(H,94,95)/p+1/t24-,34+,35-,42+,44-,46+,47+,48-,49+,50-,51+,52+,53-,54+,55+,57-,65-,66-/m0/s1. The summed E-state index contributed by atoms with van der Waals surface area (Å²) < 4.78 is 38.0. The van der Waals surface area contributed by atoms with Crippen molar-refractivity contribution >= 4 is 70.5 Å². The minimum absolute atomic E-state index is 0.0642. The lowest BCUT2D eigenvalue weighted by molar-refractivity contribution is -0.651. The van der Waals surface area contributed by atoms with Crippen molar-refractivity contribution in [2.24, 2.45) is 11.7 Å². The number of benzene rings is 5. The number of carboxylic acid groups (broad SMARTS) is 1. The number of likely N-dealkylation sites (N-methyl/N-ethyl adjacent to an activating group) is 1. The van der Waals surface area contributed by atoms with E-state index in [1.807, 2.05) is 13.8 Å². The lowest BCUT2D eigenvalue weighted by atomic mass is 9.86. The number of aliphatic carboxylic acids is 1. The number of hydrogen-bond acceptors (Lipinski definition) is 24. The van der Waals surface area contributed by atoms with E-state index in [0.717, 1.165) is 54.6 Å². The molecule has 2 saturated heterocycles. The number of hydrogen-bond donors (Lipinski definition) is 18. The van der Waals surface area contributed by atoms with E-state index < -0.39 is 231 Å². The highest BCUT2D eigenvalue weighted by Crippen LogP contribution is 2.50. The SMILES string of the molecule is C[NH2+][C@H](CC(C)C)C(=O)N[C@H]1C(=O)N[C@@H](CC(N)=O)C(=O)N[C@H]2C(=O)N[C@H]3C(=O)N[C@H](C(=O)N[C@H](C(=O)[O-])c4cc(O)cc(O)c4-c4cc3ccc4O)[C@H](O[C@H]3C[C@](C)([NH3+])[C@@H](O)[C@H](C)O3)c3ccc(c(Cl)c3)Oc3cc2cc(c3O[C@@H]2O[C@H](CO)[C@@H](O)[C@H](O)[C@H]2O)Oc2ccc(cc2Cl)[C@H]1O. The number of phenolic OH excluding ortho intramolecular Hbond substituents is 3. The Morgan fingerprint density at radius 1 is 0.743 bits per heavy atom. The van der Waals surface area contributed by atoms with E-state index in [4.69, 9.17) is 57.4 Å². The Balaban J connectivity index is 1.26. The van der Waals surface area contributed by atoms with Gasteiger partial charge in [0.05, 0.1) is 54.7 Å². The molecule has 12 rings (SSSR count). The van der Waals surface area contributed by atoms with Crippen LogP contribution in [0.5, 0.6) is 46.0 Å². The number of phenols is 3. The van der Waals surface area contributed by atoms with Gasteiger partial charge in [-0.3, -0.25) is 33.6 Å². The summed E-state index contributed by atoms with van der Waals surface area (Å²) in [6.07, 6.45) is -18.6. The molecule has 18 atom stereocenters. The summed E-state index contributed by atoms with van der Waals surface area (Å²) >= 11 is 14.2. The van der Waals surface area contributed by atoms with Gasteiger partial charge in [-0.15, -0.1) is 0 Å². The molecule has 0 aromatic heterocycles. The molecule has 7 aliphatic rings. The number of ether oxygens (including phenoxy) is 6. The smallest absolute Gasteiger partial charge is 0.278 e. The maximum absolute atomic E-state index is 16.1. The van der Waals surface area contributed by atoms with Gasteiger partial charge in [0.2, 0.25) is 47.5 Å². The van der Waals surface area contributed by atoms with Crippen LogP contribution in [0.3, 0.4) is 0 Å². The van der Waals surface area contributed by atoms with Gasteiger partial charge in [0, 0.05) is 23.6 Å². The number of aromatic hydroxyl groups is 3. The summed E-state index contributed by atoms with van der Waals surface area (Å²) in [4.78, 5) is 118. The Labute approximate surface area is 584 Å². The minimum Gasteiger partial charge on any atom is -0.548 e. The number of halogens is 2. The lowest BCUT2D eigenvalue weighted by Crippen LogP contribution is -2.89. The molecule has 33 nitrogen and oxygen atoms in total. The monoisotopic (exact) mass is 1450 g/mol. The first-order valence-electron chi connectivity index (χ1n) is 31.8. The summed E-state index contributed by atoms with van der Waals surface area (Å²) in [5.41, 5.74) is 5.85. The van der Waals surface area contributed by atoms with Crippen LogP contribution in [0.25, 0.3) is 11.1 Å². The predicted molar refractivity (Wildman–Crippen MR) is 344 cm³/mol. The molecule has 2 fully saturated rings. The molecule has 0 saturated carbocycles. The molecule has 0 spiro atoms. The molecule has 11 bridgehead atoms. The van der Waals surface area contributed by atoms with E-state index in [2.05, 4.69) is 37.6 Å². The molecule has 35 heteroatoms. The second kappa shape index (κ2) is 30.2. The number of nitrogens with two attached hydrogens (primary N) is 2. The van der Waals surface area contributed by atoms with E-state index in [1.165, 1.54) is 31.2 Å². The number of fused-ring (bicyclic) bond motifs is 15. The number of rotatable bonds is 13. The van der Waals surface area contributed by atoms with E-state index in [9.17, 15) is 70.2 Å². The van der Waals surface area contributed by atoms with Gasteiger partial charge in [-0.25, -0.2) is 0 Å². The van der Waals surface area contributed by atoms with Gasteiger partial charge in [-0.1, -0.05) is 55.2 Å². The third kappa shape index (κ3) is 15.8. The Bertz CT molecular complexity index is 4070. The summed E-state index contributed by atoms with van der Waals surface area (Å²) in [6, 6.07) is -0.363. The summed E-state index contributed by atoms with van der Waals surface area (Å²) in [6.45, 7) is 5.78. The lowest BCUT2D eigenvalue weighted by Gasteiger charge is -2.42. The molecule has 5 aromatic rings. The highest BCUT2D eigenvalue weighted by molar-refractivity contribution is 6.32. The van der Waals surface area contributed by atoms with Crippen LogP contribution in [-0.4, -0.2) is 186 Å². The Morgan fingerprint density at radius 3 is 1.96 bits per heavy atom. The van der Waals surface area contributed by atoms with Gasteiger partial charge in [0.25, 0.3) is 5.91 Å². The van der Waals surface area contributed by atoms with Crippen molar-refractivity contribution in [2.45, 2.75) is 156 Å². The van der Waals surface area contributed by atoms with Gasteiger partial charge >= 0.3 is 0 Å². The van der Waals surface area contributed by atoms with Crippen LogP contribution in [0.4, 0.5) is 0 Å². The second-order valence-electron chi connectivity index (χ2n) is 25.9. The first-order chi connectivity index (χ1) is 47.7. The summed E-state index contributed by atoms with van der Waals surface area (Å²) in [7, 11) is 1.60.